The van der Waals surface area contributed by atoms with Gasteiger partial charge in [-0.3, -0.25) is 4.79 Å². The van der Waals surface area contributed by atoms with Gasteiger partial charge in [-0.2, -0.15) is 0 Å². The fraction of sp³-hybridized carbons (Fsp3) is 0.588. The molecule has 1 aromatic rings. The molecule has 0 bridgehead atoms. The highest BCUT2D eigenvalue weighted by Gasteiger charge is 2.30. The second-order valence-corrected chi connectivity index (χ2v) is 7.04. The number of hydrogen-bond acceptors (Lipinski definition) is 2. The first-order valence-corrected chi connectivity index (χ1v) is 8.50. The Balaban J connectivity index is 1.88. The maximum absolute atomic E-state index is 12.4. The highest BCUT2D eigenvalue weighted by molar-refractivity contribution is 8.12. The second-order valence-electron chi connectivity index (χ2n) is 6.11. The topological polar surface area (TPSA) is 20.3 Å². The summed E-state index contributed by atoms with van der Waals surface area (Å²) in [5.41, 5.74) is 1.21. The number of carbonyl (C=O) groups excluding carboxylic acids is 1. The van der Waals surface area contributed by atoms with Crippen LogP contribution in [0.3, 0.4) is 0 Å². The Morgan fingerprint density at radius 2 is 1.95 bits per heavy atom. The SMILES string of the molecule is CC1CCC(C)C(N(C)C(=O)SCc2ccccc2)C1. The van der Waals surface area contributed by atoms with E-state index >= 15 is 0 Å². The van der Waals surface area contributed by atoms with Crippen molar-refractivity contribution in [3.8, 4) is 0 Å². The number of nitrogens with zero attached hydrogens (tertiary/aromatic N) is 1. The van der Waals surface area contributed by atoms with Gasteiger partial charge in [-0.25, -0.2) is 0 Å². The molecule has 2 rings (SSSR count). The molecule has 1 amide bonds. The van der Waals surface area contributed by atoms with Gasteiger partial charge in [0.2, 0.25) is 0 Å². The van der Waals surface area contributed by atoms with Crippen molar-refractivity contribution in [2.24, 2.45) is 11.8 Å². The molecular weight excluding hydrogens is 266 g/mol. The van der Waals surface area contributed by atoms with Crippen LogP contribution in [0.2, 0.25) is 0 Å². The first kappa shape index (κ1) is 15.4. The molecule has 0 aromatic heterocycles. The normalized spacial score (nSPS) is 26.2. The van der Waals surface area contributed by atoms with E-state index in [1.54, 1.807) is 0 Å². The third-order valence-electron chi connectivity index (χ3n) is 4.41. The Kier molecular flexibility index (Phi) is 5.53. The summed E-state index contributed by atoms with van der Waals surface area (Å²) in [6.07, 6.45) is 3.69. The zero-order valence-corrected chi connectivity index (χ0v) is 13.5. The average Bonchev–Trinajstić information content (AvgIpc) is 2.47. The average molecular weight is 291 g/mol. The molecule has 3 heteroatoms. The van der Waals surface area contributed by atoms with Crippen LogP contribution >= 0.6 is 11.8 Å². The third-order valence-corrected chi connectivity index (χ3v) is 5.42. The van der Waals surface area contributed by atoms with Gasteiger partial charge in [-0.1, -0.05) is 62.4 Å². The molecule has 1 aliphatic rings. The maximum Gasteiger partial charge on any atom is 0.281 e. The van der Waals surface area contributed by atoms with Crippen molar-refractivity contribution in [3.05, 3.63) is 35.9 Å². The molecule has 3 unspecified atom stereocenters. The molecular formula is C17H25NOS. The minimum Gasteiger partial charge on any atom is -0.333 e. The van der Waals surface area contributed by atoms with Crippen molar-refractivity contribution in [2.45, 2.75) is 44.9 Å². The fourth-order valence-electron chi connectivity index (χ4n) is 3.00. The third kappa shape index (κ3) is 4.02. The van der Waals surface area contributed by atoms with Crippen molar-refractivity contribution in [1.82, 2.24) is 4.90 Å². The lowest BCUT2D eigenvalue weighted by molar-refractivity contribution is 0.140. The van der Waals surface area contributed by atoms with E-state index < -0.39 is 0 Å². The van der Waals surface area contributed by atoms with E-state index in [1.165, 1.54) is 30.2 Å². The zero-order valence-electron chi connectivity index (χ0n) is 12.7. The van der Waals surface area contributed by atoms with E-state index in [1.807, 2.05) is 30.1 Å². The molecule has 0 heterocycles. The smallest absolute Gasteiger partial charge is 0.281 e. The minimum atomic E-state index is 0.208. The molecule has 110 valence electrons. The lowest BCUT2D eigenvalue weighted by Gasteiger charge is -2.38. The largest absolute Gasteiger partial charge is 0.333 e. The number of carbonyl (C=O) groups is 1. The van der Waals surface area contributed by atoms with E-state index in [2.05, 4.69) is 26.0 Å². The van der Waals surface area contributed by atoms with Crippen LogP contribution in [0.1, 0.15) is 38.7 Å². The van der Waals surface area contributed by atoms with Gasteiger partial charge in [0, 0.05) is 18.8 Å². The molecule has 0 radical (unpaired) electrons. The van der Waals surface area contributed by atoms with Crippen molar-refractivity contribution in [3.63, 3.8) is 0 Å². The first-order chi connectivity index (χ1) is 9.58. The van der Waals surface area contributed by atoms with Gasteiger partial charge in [0.1, 0.15) is 0 Å². The van der Waals surface area contributed by atoms with E-state index in [9.17, 15) is 4.79 Å². The molecule has 2 nitrogen and oxygen atoms in total. The number of hydrogen-bond donors (Lipinski definition) is 0. The molecule has 1 saturated carbocycles. The summed E-state index contributed by atoms with van der Waals surface area (Å²) in [4.78, 5) is 14.3. The monoisotopic (exact) mass is 291 g/mol. The number of amides is 1. The van der Waals surface area contributed by atoms with Gasteiger partial charge in [-0.15, -0.1) is 0 Å². The summed E-state index contributed by atoms with van der Waals surface area (Å²) in [7, 11) is 1.97. The van der Waals surface area contributed by atoms with Crippen LogP contribution in [-0.2, 0) is 5.75 Å². The molecule has 1 aliphatic carbocycles. The van der Waals surface area contributed by atoms with E-state index in [0.29, 0.717) is 12.0 Å². The number of thioether (sulfide) groups is 1. The van der Waals surface area contributed by atoms with Gasteiger partial charge < -0.3 is 4.90 Å². The quantitative estimate of drug-likeness (QED) is 0.797. The van der Waals surface area contributed by atoms with Crippen LogP contribution in [0.5, 0.6) is 0 Å². The van der Waals surface area contributed by atoms with Crippen LogP contribution in [0.15, 0.2) is 30.3 Å². The molecule has 0 saturated heterocycles. The fourth-order valence-corrected chi connectivity index (χ4v) is 3.82. The summed E-state index contributed by atoms with van der Waals surface area (Å²) in [6, 6.07) is 10.6. The summed E-state index contributed by atoms with van der Waals surface area (Å²) >= 11 is 1.42. The summed E-state index contributed by atoms with van der Waals surface area (Å²) in [5.74, 6) is 2.13. The number of benzene rings is 1. The van der Waals surface area contributed by atoms with E-state index in [-0.39, 0.29) is 5.24 Å². The van der Waals surface area contributed by atoms with Gasteiger partial charge >= 0.3 is 0 Å². The predicted molar refractivity (Wildman–Crippen MR) is 86.9 cm³/mol. The van der Waals surface area contributed by atoms with Crippen molar-refractivity contribution >= 4 is 17.0 Å². The Bertz CT molecular complexity index is 434. The van der Waals surface area contributed by atoms with Gasteiger partial charge in [0.05, 0.1) is 0 Å². The van der Waals surface area contributed by atoms with E-state index in [0.717, 1.165) is 18.1 Å². The van der Waals surface area contributed by atoms with Gasteiger partial charge in [-0.05, 0) is 30.2 Å². The van der Waals surface area contributed by atoms with Crippen molar-refractivity contribution in [2.75, 3.05) is 7.05 Å². The molecule has 20 heavy (non-hydrogen) atoms. The summed E-state index contributed by atoms with van der Waals surface area (Å²) in [6.45, 7) is 4.58. The second kappa shape index (κ2) is 7.16. The molecule has 1 fully saturated rings. The Labute approximate surface area is 126 Å². The van der Waals surface area contributed by atoms with Crippen LogP contribution in [0.25, 0.3) is 0 Å². The maximum atomic E-state index is 12.4. The zero-order chi connectivity index (χ0) is 14.5. The molecule has 0 aliphatic heterocycles. The number of rotatable bonds is 3. The van der Waals surface area contributed by atoms with Crippen LogP contribution < -0.4 is 0 Å². The Morgan fingerprint density at radius 1 is 1.25 bits per heavy atom. The standard InChI is InChI=1S/C17H25NOS/c1-13-9-10-14(2)16(11-13)18(3)17(19)20-12-15-7-5-4-6-8-15/h4-8,13-14,16H,9-12H2,1-3H3. The minimum absolute atomic E-state index is 0.208. The van der Waals surface area contributed by atoms with Crippen LogP contribution in [-0.4, -0.2) is 23.2 Å². The van der Waals surface area contributed by atoms with Crippen LogP contribution in [0, 0.1) is 11.8 Å². The molecule has 0 spiro atoms. The molecule has 0 N–H and O–H groups in total. The van der Waals surface area contributed by atoms with Gasteiger partial charge in [0.25, 0.3) is 5.24 Å². The van der Waals surface area contributed by atoms with Crippen LogP contribution in [0.4, 0.5) is 4.79 Å². The first-order valence-electron chi connectivity index (χ1n) is 7.51. The predicted octanol–water partition coefficient (Wildman–Crippen LogP) is 4.80. The summed E-state index contributed by atoms with van der Waals surface area (Å²) < 4.78 is 0. The highest BCUT2D eigenvalue weighted by atomic mass is 32.2. The molecule has 3 atom stereocenters. The summed E-state index contributed by atoms with van der Waals surface area (Å²) in [5, 5.41) is 0.208. The lowest BCUT2D eigenvalue weighted by atomic mass is 9.79. The Hall–Kier alpha value is -0.960. The molecule has 1 aromatic carbocycles. The van der Waals surface area contributed by atoms with Crippen molar-refractivity contribution in [1.29, 1.82) is 0 Å². The van der Waals surface area contributed by atoms with Gasteiger partial charge in [0.15, 0.2) is 0 Å². The lowest BCUT2D eigenvalue weighted by Crippen LogP contribution is -2.42. The van der Waals surface area contributed by atoms with Crippen molar-refractivity contribution < 1.29 is 4.79 Å². The van der Waals surface area contributed by atoms with E-state index in [4.69, 9.17) is 0 Å². The Morgan fingerprint density at radius 3 is 2.65 bits per heavy atom. The highest BCUT2D eigenvalue weighted by Crippen LogP contribution is 2.32.